The van der Waals surface area contributed by atoms with Crippen LogP contribution in [-0.4, -0.2) is 6.61 Å². The molecule has 0 aliphatic heterocycles. The highest BCUT2D eigenvalue weighted by Crippen LogP contribution is 2.29. The van der Waals surface area contributed by atoms with Gasteiger partial charge in [-0.05, 0) is 29.7 Å². The quantitative estimate of drug-likeness (QED) is 0.727. The highest BCUT2D eigenvalue weighted by molar-refractivity contribution is 5.87. The Morgan fingerprint density at radius 2 is 1.76 bits per heavy atom. The van der Waals surface area contributed by atoms with Crippen molar-refractivity contribution in [3.63, 3.8) is 0 Å². The average molecular weight is 228 g/mol. The summed E-state index contributed by atoms with van der Waals surface area (Å²) in [5.41, 5.74) is 1.36. The Balaban J connectivity index is 2.47. The van der Waals surface area contributed by atoms with Crippen LogP contribution in [0.2, 0.25) is 0 Å². The van der Waals surface area contributed by atoms with Crippen LogP contribution in [0.25, 0.3) is 10.8 Å². The zero-order valence-electron chi connectivity index (χ0n) is 10.7. The van der Waals surface area contributed by atoms with Crippen LogP contribution in [0, 0.1) is 0 Å². The van der Waals surface area contributed by atoms with E-state index in [1.165, 1.54) is 16.3 Å². The number of aryl methyl sites for hydroxylation is 1. The van der Waals surface area contributed by atoms with Crippen LogP contribution in [0.15, 0.2) is 36.4 Å². The molecule has 0 spiro atoms. The lowest BCUT2D eigenvalue weighted by Crippen LogP contribution is -1.99. The van der Waals surface area contributed by atoms with Gasteiger partial charge in [0, 0.05) is 5.56 Å². The first kappa shape index (κ1) is 12.0. The lowest BCUT2D eigenvalue weighted by Gasteiger charge is -2.13. The molecule has 1 heteroatoms. The second kappa shape index (κ2) is 5.72. The lowest BCUT2D eigenvalue weighted by atomic mass is 10.00. The molecule has 2 aromatic carbocycles. The minimum Gasteiger partial charge on any atom is -0.493 e. The summed E-state index contributed by atoms with van der Waals surface area (Å²) < 4.78 is 5.85. The molecule has 17 heavy (non-hydrogen) atoms. The number of benzene rings is 2. The van der Waals surface area contributed by atoms with Gasteiger partial charge >= 0.3 is 0 Å². The van der Waals surface area contributed by atoms with Crippen LogP contribution in [0.3, 0.4) is 0 Å². The zero-order valence-corrected chi connectivity index (χ0v) is 10.7. The SMILES string of the molecule is CCCOc1ccc2ccccc2c1CCC. The van der Waals surface area contributed by atoms with Gasteiger partial charge in [-0.2, -0.15) is 0 Å². The van der Waals surface area contributed by atoms with E-state index in [9.17, 15) is 0 Å². The number of rotatable bonds is 5. The Kier molecular flexibility index (Phi) is 4.03. The summed E-state index contributed by atoms with van der Waals surface area (Å²) in [6.07, 6.45) is 3.29. The zero-order chi connectivity index (χ0) is 12.1. The maximum atomic E-state index is 5.85. The molecule has 0 atom stereocenters. The van der Waals surface area contributed by atoms with E-state index >= 15 is 0 Å². The molecule has 0 unspecified atom stereocenters. The van der Waals surface area contributed by atoms with Gasteiger partial charge in [0.25, 0.3) is 0 Å². The van der Waals surface area contributed by atoms with Gasteiger partial charge in [0.2, 0.25) is 0 Å². The summed E-state index contributed by atoms with van der Waals surface area (Å²) >= 11 is 0. The van der Waals surface area contributed by atoms with Gasteiger partial charge in [-0.3, -0.25) is 0 Å². The van der Waals surface area contributed by atoms with E-state index in [0.717, 1.165) is 31.6 Å². The maximum Gasteiger partial charge on any atom is 0.123 e. The Labute approximate surface area is 103 Å². The van der Waals surface area contributed by atoms with Crippen molar-refractivity contribution in [1.82, 2.24) is 0 Å². The highest BCUT2D eigenvalue weighted by atomic mass is 16.5. The molecule has 0 fully saturated rings. The predicted octanol–water partition coefficient (Wildman–Crippen LogP) is 4.58. The summed E-state index contributed by atoms with van der Waals surface area (Å²) in [6, 6.07) is 12.8. The number of hydrogen-bond donors (Lipinski definition) is 0. The molecule has 0 saturated carbocycles. The molecule has 90 valence electrons. The molecular formula is C16H20O. The molecule has 0 radical (unpaired) electrons. The standard InChI is InChI=1S/C16H20O/c1-3-7-15-14-9-6-5-8-13(14)10-11-16(15)17-12-4-2/h5-6,8-11H,3-4,7,12H2,1-2H3. The van der Waals surface area contributed by atoms with Crippen LogP contribution in [0.4, 0.5) is 0 Å². The third-order valence-corrected chi connectivity index (χ3v) is 2.96. The van der Waals surface area contributed by atoms with E-state index in [4.69, 9.17) is 4.74 Å². The van der Waals surface area contributed by atoms with E-state index in [1.54, 1.807) is 0 Å². The van der Waals surface area contributed by atoms with Crippen molar-refractivity contribution < 1.29 is 4.74 Å². The highest BCUT2D eigenvalue weighted by Gasteiger charge is 2.07. The fraction of sp³-hybridized carbons (Fsp3) is 0.375. The van der Waals surface area contributed by atoms with Crippen LogP contribution in [0.1, 0.15) is 32.3 Å². The second-order valence-electron chi connectivity index (χ2n) is 4.36. The van der Waals surface area contributed by atoms with E-state index in [-0.39, 0.29) is 0 Å². The maximum absolute atomic E-state index is 5.85. The minimum absolute atomic E-state index is 0.801. The van der Waals surface area contributed by atoms with Gasteiger partial charge in [-0.25, -0.2) is 0 Å². The third-order valence-electron chi connectivity index (χ3n) is 2.96. The van der Waals surface area contributed by atoms with Crippen molar-refractivity contribution in [2.24, 2.45) is 0 Å². The molecule has 0 aliphatic carbocycles. The van der Waals surface area contributed by atoms with E-state index < -0.39 is 0 Å². The molecule has 0 amide bonds. The summed E-state index contributed by atoms with van der Waals surface area (Å²) in [5, 5.41) is 2.64. The normalized spacial score (nSPS) is 10.7. The lowest BCUT2D eigenvalue weighted by molar-refractivity contribution is 0.314. The van der Waals surface area contributed by atoms with Gasteiger partial charge in [0.05, 0.1) is 6.61 Å². The molecule has 0 aliphatic rings. The van der Waals surface area contributed by atoms with Crippen LogP contribution >= 0.6 is 0 Å². The fourth-order valence-corrected chi connectivity index (χ4v) is 2.17. The summed E-state index contributed by atoms with van der Waals surface area (Å²) in [6.45, 7) is 5.15. The molecular weight excluding hydrogens is 208 g/mol. The fourth-order valence-electron chi connectivity index (χ4n) is 2.17. The summed E-state index contributed by atoms with van der Waals surface area (Å²) in [4.78, 5) is 0. The average Bonchev–Trinajstić information content (AvgIpc) is 2.38. The Morgan fingerprint density at radius 3 is 2.53 bits per heavy atom. The van der Waals surface area contributed by atoms with Crippen LogP contribution < -0.4 is 4.74 Å². The number of fused-ring (bicyclic) bond motifs is 1. The Bertz CT molecular complexity index is 488. The molecule has 0 heterocycles. The molecule has 1 nitrogen and oxygen atoms in total. The van der Waals surface area contributed by atoms with Crippen LogP contribution in [0.5, 0.6) is 5.75 Å². The Morgan fingerprint density at radius 1 is 0.941 bits per heavy atom. The monoisotopic (exact) mass is 228 g/mol. The molecule has 2 aromatic rings. The molecule has 0 bridgehead atoms. The van der Waals surface area contributed by atoms with Gasteiger partial charge < -0.3 is 4.74 Å². The van der Waals surface area contributed by atoms with Crippen molar-refractivity contribution in [3.05, 3.63) is 42.0 Å². The van der Waals surface area contributed by atoms with Crippen molar-refractivity contribution in [2.45, 2.75) is 33.1 Å². The minimum atomic E-state index is 0.801. The molecule has 2 rings (SSSR count). The third kappa shape index (κ3) is 2.60. The van der Waals surface area contributed by atoms with Gasteiger partial charge in [-0.1, -0.05) is 50.6 Å². The van der Waals surface area contributed by atoms with Crippen molar-refractivity contribution in [2.75, 3.05) is 6.61 Å². The number of hydrogen-bond acceptors (Lipinski definition) is 1. The van der Waals surface area contributed by atoms with Crippen molar-refractivity contribution >= 4 is 10.8 Å². The van der Waals surface area contributed by atoms with Crippen molar-refractivity contribution in [1.29, 1.82) is 0 Å². The molecule has 0 N–H and O–H groups in total. The first-order valence-corrected chi connectivity index (χ1v) is 6.50. The smallest absolute Gasteiger partial charge is 0.123 e. The first-order valence-electron chi connectivity index (χ1n) is 6.50. The topological polar surface area (TPSA) is 9.23 Å². The Hall–Kier alpha value is -1.50. The largest absolute Gasteiger partial charge is 0.493 e. The van der Waals surface area contributed by atoms with Gasteiger partial charge in [0.1, 0.15) is 5.75 Å². The second-order valence-corrected chi connectivity index (χ2v) is 4.36. The summed E-state index contributed by atoms with van der Waals surface area (Å²) in [7, 11) is 0. The van der Waals surface area contributed by atoms with Crippen molar-refractivity contribution in [3.8, 4) is 5.75 Å². The van der Waals surface area contributed by atoms with E-state index in [0.29, 0.717) is 0 Å². The van der Waals surface area contributed by atoms with E-state index in [2.05, 4.69) is 50.2 Å². The van der Waals surface area contributed by atoms with Gasteiger partial charge in [0.15, 0.2) is 0 Å². The van der Waals surface area contributed by atoms with E-state index in [1.807, 2.05) is 0 Å². The first-order chi connectivity index (χ1) is 8.36. The summed E-state index contributed by atoms with van der Waals surface area (Å²) in [5.74, 6) is 1.06. The van der Waals surface area contributed by atoms with Gasteiger partial charge in [-0.15, -0.1) is 0 Å². The van der Waals surface area contributed by atoms with Crippen LogP contribution in [-0.2, 0) is 6.42 Å². The predicted molar refractivity (Wildman–Crippen MR) is 73.7 cm³/mol. The molecule has 0 aromatic heterocycles. The number of ether oxygens (including phenoxy) is 1. The molecule has 0 saturated heterocycles.